The number of hydrogen-bond donors (Lipinski definition) is 0. The molecule has 3 heterocycles. The molecule has 2 aliphatic rings. The third kappa shape index (κ3) is 4.65. The fourth-order valence-corrected chi connectivity index (χ4v) is 8.80. The van der Waals surface area contributed by atoms with Gasteiger partial charge in [-0.05, 0) is 17.7 Å². The number of carbonyl (C=O) groups excluding carboxylic acids is 1. The number of thiophene rings is 1. The number of nitrogens with zero attached hydrogens (tertiary/aromatic N) is 2. The molecule has 1 saturated heterocycles. The third-order valence-electron chi connectivity index (χ3n) is 7.03. The Bertz CT molecular complexity index is 1510. The van der Waals surface area contributed by atoms with Crippen LogP contribution in [0.15, 0.2) is 81.9 Å². The van der Waals surface area contributed by atoms with Crippen LogP contribution in [0.4, 0.5) is 18.9 Å². The molecule has 4 aromatic rings. The van der Waals surface area contributed by atoms with Crippen molar-refractivity contribution in [3.63, 3.8) is 0 Å². The summed E-state index contributed by atoms with van der Waals surface area (Å²) < 4.78 is 46.0. The summed E-state index contributed by atoms with van der Waals surface area (Å²) in [4.78, 5) is 16.4. The molecule has 0 N–H and O–H groups in total. The number of alkyl halides is 2. The van der Waals surface area contributed by atoms with E-state index in [-0.39, 0.29) is 17.6 Å². The first-order chi connectivity index (χ1) is 18.0. The van der Waals surface area contributed by atoms with Gasteiger partial charge in [0, 0.05) is 0 Å². The first-order valence-corrected chi connectivity index (χ1v) is 15.3. The number of rotatable bonds is 4. The SMILES string of the molecule is O=C(c1ccc2c(-c3cccc(F)c3)csc2c1)N1CCC(C2=C[I-]c3ccccc3N2C(F)F)CC1. The van der Waals surface area contributed by atoms with E-state index in [2.05, 4.69) is 0 Å². The normalized spacial score (nSPS) is 16.5. The number of para-hydroxylation sites is 1. The molecule has 0 unspecified atom stereocenters. The number of piperidine rings is 1. The Hall–Kier alpha value is -2.85. The molecule has 37 heavy (non-hydrogen) atoms. The molecule has 0 radical (unpaired) electrons. The van der Waals surface area contributed by atoms with Gasteiger partial charge in [-0.25, -0.2) is 4.39 Å². The van der Waals surface area contributed by atoms with E-state index < -0.39 is 27.8 Å². The maximum absolute atomic E-state index is 14.1. The Labute approximate surface area is 227 Å². The molecule has 2 aliphatic heterocycles. The van der Waals surface area contributed by atoms with E-state index in [0.717, 1.165) is 30.5 Å². The second kappa shape index (κ2) is 10.1. The monoisotopic (exact) mass is 631 g/mol. The van der Waals surface area contributed by atoms with Crippen molar-refractivity contribution in [2.45, 2.75) is 19.4 Å². The summed E-state index contributed by atoms with van der Waals surface area (Å²) in [6.45, 7) is -1.52. The van der Waals surface area contributed by atoms with Gasteiger partial charge >= 0.3 is 188 Å². The summed E-state index contributed by atoms with van der Waals surface area (Å²) in [6, 6.07) is 19.6. The Kier molecular flexibility index (Phi) is 6.71. The van der Waals surface area contributed by atoms with Crippen LogP contribution in [0.3, 0.4) is 0 Å². The molecular weight excluding hydrogens is 608 g/mol. The number of amides is 1. The van der Waals surface area contributed by atoms with Gasteiger partial charge in [-0.15, -0.1) is 0 Å². The summed E-state index contributed by atoms with van der Waals surface area (Å²) in [6.07, 6.45) is 1.33. The molecule has 0 atom stereocenters. The summed E-state index contributed by atoms with van der Waals surface area (Å²) in [5.74, 6) is -0.305. The van der Waals surface area contributed by atoms with Gasteiger partial charge in [-0.3, -0.25) is 0 Å². The summed E-state index contributed by atoms with van der Waals surface area (Å²) in [5.41, 5.74) is 3.73. The first kappa shape index (κ1) is 24.5. The van der Waals surface area contributed by atoms with Crippen molar-refractivity contribution >= 4 is 33.0 Å². The van der Waals surface area contributed by atoms with Gasteiger partial charge in [0.2, 0.25) is 0 Å². The van der Waals surface area contributed by atoms with Crippen molar-refractivity contribution < 1.29 is 39.2 Å². The van der Waals surface area contributed by atoms with E-state index >= 15 is 0 Å². The summed E-state index contributed by atoms with van der Waals surface area (Å²) in [7, 11) is 0. The quantitative estimate of drug-likeness (QED) is 0.247. The molecule has 3 aromatic carbocycles. The van der Waals surface area contributed by atoms with Crippen LogP contribution in [-0.2, 0) is 0 Å². The molecular formula is C29H23F3IN2OS-. The molecule has 1 fully saturated rings. The second-order valence-electron chi connectivity index (χ2n) is 9.18. The van der Waals surface area contributed by atoms with Crippen molar-refractivity contribution in [3.05, 3.63) is 96.8 Å². The Morgan fingerprint density at radius 3 is 2.59 bits per heavy atom. The molecule has 0 aliphatic carbocycles. The van der Waals surface area contributed by atoms with Gasteiger partial charge in [-0.2, -0.15) is 0 Å². The zero-order valence-electron chi connectivity index (χ0n) is 19.7. The van der Waals surface area contributed by atoms with Crippen molar-refractivity contribution in [2.24, 2.45) is 5.92 Å². The van der Waals surface area contributed by atoms with Gasteiger partial charge < -0.3 is 0 Å². The third-order valence-corrected chi connectivity index (χ3v) is 10.5. The van der Waals surface area contributed by atoms with Crippen molar-refractivity contribution in [2.75, 3.05) is 18.0 Å². The molecule has 190 valence electrons. The number of fused-ring (bicyclic) bond motifs is 2. The summed E-state index contributed by atoms with van der Waals surface area (Å²) >= 11 is 1.08. The van der Waals surface area contributed by atoms with Crippen LogP contribution in [-0.4, -0.2) is 30.4 Å². The zero-order valence-corrected chi connectivity index (χ0v) is 22.7. The minimum atomic E-state index is -2.59. The Morgan fingerprint density at radius 2 is 1.81 bits per heavy atom. The summed E-state index contributed by atoms with van der Waals surface area (Å²) in [5, 5.41) is 2.98. The fourth-order valence-electron chi connectivity index (χ4n) is 5.15. The van der Waals surface area contributed by atoms with E-state index in [1.165, 1.54) is 28.4 Å². The van der Waals surface area contributed by atoms with Gasteiger partial charge in [-0.1, -0.05) is 12.1 Å². The Balaban J connectivity index is 1.17. The maximum atomic E-state index is 14.1. The van der Waals surface area contributed by atoms with Gasteiger partial charge in [0.15, 0.2) is 0 Å². The van der Waals surface area contributed by atoms with Crippen LogP contribution in [0.2, 0.25) is 0 Å². The Morgan fingerprint density at radius 1 is 1.00 bits per heavy atom. The standard InChI is InChI=1S/C29H23F3IN2OS/c30-21-5-3-4-19(14-21)23-17-37-27-15-20(8-9-22(23)27)28(36)34-12-10-18(11-13-34)26-16-33-24-6-1-2-7-25(24)35(26)29(31)32/h1-9,14-18,29H,10-13H2/q-1. The molecule has 0 bridgehead atoms. The number of hydrogen-bond acceptors (Lipinski definition) is 3. The van der Waals surface area contributed by atoms with Crippen molar-refractivity contribution in [3.8, 4) is 11.1 Å². The average molecular weight is 631 g/mol. The predicted octanol–water partition coefficient (Wildman–Crippen LogP) is 4.40. The number of allylic oxidation sites excluding steroid dienone is 1. The molecule has 1 amide bonds. The zero-order chi connectivity index (χ0) is 25.5. The topological polar surface area (TPSA) is 23.6 Å². The van der Waals surface area contributed by atoms with Crippen LogP contribution in [0.5, 0.6) is 0 Å². The molecule has 8 heteroatoms. The fraction of sp³-hybridized carbons (Fsp3) is 0.207. The predicted molar refractivity (Wildman–Crippen MR) is 138 cm³/mol. The van der Waals surface area contributed by atoms with E-state index in [0.29, 0.717) is 37.2 Å². The van der Waals surface area contributed by atoms with E-state index in [1.54, 1.807) is 12.1 Å². The molecule has 6 rings (SSSR count). The van der Waals surface area contributed by atoms with Crippen LogP contribution in [0.1, 0.15) is 23.2 Å². The average Bonchev–Trinajstić information content (AvgIpc) is 3.35. The van der Waals surface area contributed by atoms with Gasteiger partial charge in [0.25, 0.3) is 0 Å². The van der Waals surface area contributed by atoms with Crippen LogP contribution < -0.4 is 26.1 Å². The number of likely N-dealkylation sites (tertiary alicyclic amines) is 1. The van der Waals surface area contributed by atoms with Crippen LogP contribution in [0.25, 0.3) is 21.2 Å². The van der Waals surface area contributed by atoms with Crippen LogP contribution in [0, 0.1) is 15.3 Å². The van der Waals surface area contributed by atoms with E-state index in [4.69, 9.17) is 0 Å². The minimum absolute atomic E-state index is 0.0136. The first-order valence-electron chi connectivity index (χ1n) is 12.1. The molecule has 0 saturated carbocycles. The van der Waals surface area contributed by atoms with E-state index in [9.17, 15) is 18.0 Å². The van der Waals surface area contributed by atoms with Crippen molar-refractivity contribution in [1.29, 1.82) is 0 Å². The van der Waals surface area contributed by atoms with Gasteiger partial charge in [0.1, 0.15) is 5.82 Å². The second-order valence-corrected chi connectivity index (χ2v) is 12.5. The number of benzene rings is 3. The molecule has 1 aromatic heterocycles. The number of anilines is 1. The van der Waals surface area contributed by atoms with Gasteiger partial charge in [0.05, 0.1) is 0 Å². The number of halogens is 4. The van der Waals surface area contributed by atoms with Crippen molar-refractivity contribution in [1.82, 2.24) is 4.90 Å². The number of carbonyl (C=O) groups is 1. The van der Waals surface area contributed by atoms with E-state index in [1.807, 2.05) is 56.8 Å². The van der Waals surface area contributed by atoms with Crippen LogP contribution >= 0.6 is 11.3 Å². The molecule has 0 spiro atoms. The molecule has 3 nitrogen and oxygen atoms in total.